The van der Waals surface area contributed by atoms with E-state index in [0.717, 1.165) is 0 Å². The number of alkyl halides is 8. The van der Waals surface area contributed by atoms with Crippen molar-refractivity contribution in [1.29, 1.82) is 0 Å². The molecule has 10 heteroatoms. The van der Waals surface area contributed by atoms with Crippen LogP contribution in [0.1, 0.15) is 26.2 Å². The molecule has 0 spiro atoms. The number of carbonyl (C=O) groups excluding carboxylic acids is 1. The molecular weight excluding hydrogens is 320 g/mol. The van der Waals surface area contributed by atoms with Crippen LogP contribution in [0.2, 0.25) is 0 Å². The molecule has 1 nitrogen and oxygen atoms in total. The zero-order valence-corrected chi connectivity index (χ0v) is 11.1. The molecule has 20 heavy (non-hydrogen) atoms. The van der Waals surface area contributed by atoms with Gasteiger partial charge in [0.1, 0.15) is 6.42 Å². The minimum Gasteiger partial charge on any atom is -0.287 e. The minimum atomic E-state index is -5.46. The molecule has 0 aromatic carbocycles. The van der Waals surface area contributed by atoms with Gasteiger partial charge in [-0.1, -0.05) is 18.7 Å². The molecule has 0 heterocycles. The van der Waals surface area contributed by atoms with Crippen LogP contribution >= 0.6 is 11.8 Å². The Morgan fingerprint density at radius 1 is 1.05 bits per heavy atom. The van der Waals surface area contributed by atoms with Crippen molar-refractivity contribution in [2.75, 3.05) is 5.75 Å². The number of hydrogen-bond donors (Lipinski definition) is 0. The van der Waals surface area contributed by atoms with Crippen molar-refractivity contribution in [2.24, 2.45) is 0 Å². The van der Waals surface area contributed by atoms with E-state index in [2.05, 4.69) is 0 Å². The summed E-state index contributed by atoms with van der Waals surface area (Å²) in [6, 6.07) is 0. The Labute approximate surface area is 114 Å². The van der Waals surface area contributed by atoms with E-state index in [1.807, 2.05) is 0 Å². The molecule has 0 amide bonds. The van der Waals surface area contributed by atoms with Gasteiger partial charge in [-0.3, -0.25) is 4.79 Å². The van der Waals surface area contributed by atoms with E-state index >= 15 is 0 Å². The Bertz CT molecular complexity index is 328. The highest BCUT2D eigenvalue weighted by molar-refractivity contribution is 8.13. The average molecular weight is 332 g/mol. The van der Waals surface area contributed by atoms with Crippen LogP contribution in [-0.4, -0.2) is 35.1 Å². The molecule has 0 aromatic heterocycles. The fraction of sp³-hybridized carbons (Fsp3) is 0.900. The van der Waals surface area contributed by atoms with Crippen LogP contribution in [0.15, 0.2) is 0 Å². The van der Waals surface area contributed by atoms with E-state index in [9.17, 15) is 39.9 Å². The van der Waals surface area contributed by atoms with Crippen LogP contribution in [-0.2, 0) is 4.79 Å². The third-order valence-electron chi connectivity index (χ3n) is 2.16. The van der Waals surface area contributed by atoms with Crippen LogP contribution in [0.5, 0.6) is 0 Å². The van der Waals surface area contributed by atoms with Crippen LogP contribution in [0.3, 0.4) is 0 Å². The Morgan fingerprint density at radius 2 is 1.55 bits per heavy atom. The van der Waals surface area contributed by atoms with Gasteiger partial charge in [0.05, 0.1) is 0 Å². The van der Waals surface area contributed by atoms with Gasteiger partial charge < -0.3 is 0 Å². The highest BCUT2D eigenvalue weighted by Gasteiger charge is 2.59. The summed E-state index contributed by atoms with van der Waals surface area (Å²) in [5.74, 6) is -10.5. The molecule has 1 atom stereocenters. The first-order chi connectivity index (χ1) is 8.82. The molecule has 0 fully saturated rings. The van der Waals surface area contributed by atoms with E-state index in [4.69, 9.17) is 0 Å². The molecule has 0 saturated carbocycles. The first kappa shape index (κ1) is 19.5. The summed E-state index contributed by atoms with van der Waals surface area (Å²) in [7, 11) is 0. The SMILES string of the molecule is CCC(=O)SCCC(F)(F)C(F)C(F)(F)CC(F)(F)F. The van der Waals surface area contributed by atoms with E-state index < -0.39 is 47.9 Å². The maximum absolute atomic E-state index is 13.1. The van der Waals surface area contributed by atoms with Gasteiger partial charge in [0, 0.05) is 18.6 Å². The van der Waals surface area contributed by atoms with Crippen molar-refractivity contribution in [3.63, 3.8) is 0 Å². The van der Waals surface area contributed by atoms with Gasteiger partial charge in [-0.25, -0.2) is 22.0 Å². The fourth-order valence-electron chi connectivity index (χ4n) is 1.20. The van der Waals surface area contributed by atoms with Gasteiger partial charge in [0.2, 0.25) is 6.17 Å². The summed E-state index contributed by atoms with van der Waals surface area (Å²) in [4.78, 5) is 10.8. The second kappa shape index (κ2) is 6.95. The highest BCUT2D eigenvalue weighted by Crippen LogP contribution is 2.42. The second-order valence-corrected chi connectivity index (χ2v) is 5.15. The molecule has 0 aromatic rings. The quantitative estimate of drug-likeness (QED) is 0.634. The van der Waals surface area contributed by atoms with Crippen LogP contribution < -0.4 is 0 Å². The lowest BCUT2D eigenvalue weighted by molar-refractivity contribution is -0.237. The number of thioether (sulfide) groups is 1. The van der Waals surface area contributed by atoms with E-state index in [-0.39, 0.29) is 6.42 Å². The zero-order valence-electron chi connectivity index (χ0n) is 10.2. The van der Waals surface area contributed by atoms with Gasteiger partial charge in [-0.2, -0.15) is 13.2 Å². The lowest BCUT2D eigenvalue weighted by atomic mass is 10.0. The predicted octanol–water partition coefficient (Wildman–Crippen LogP) is 4.61. The van der Waals surface area contributed by atoms with Gasteiger partial charge >= 0.3 is 6.18 Å². The first-order valence-corrected chi connectivity index (χ1v) is 6.42. The summed E-state index contributed by atoms with van der Waals surface area (Å²) in [6.07, 6.45) is -14.1. The summed E-state index contributed by atoms with van der Waals surface area (Å²) >= 11 is 0.392. The van der Waals surface area contributed by atoms with Gasteiger partial charge in [0.15, 0.2) is 5.12 Å². The van der Waals surface area contributed by atoms with Crippen LogP contribution in [0.25, 0.3) is 0 Å². The molecular formula is C10H12F8OS. The maximum atomic E-state index is 13.1. The van der Waals surface area contributed by atoms with E-state index in [0.29, 0.717) is 11.8 Å². The summed E-state index contributed by atoms with van der Waals surface area (Å²) < 4.78 is 100. The normalized spacial score (nSPS) is 15.2. The molecule has 120 valence electrons. The Balaban J connectivity index is 4.62. The highest BCUT2D eigenvalue weighted by atomic mass is 32.2. The van der Waals surface area contributed by atoms with Crippen LogP contribution in [0.4, 0.5) is 35.1 Å². The fourth-order valence-corrected chi connectivity index (χ4v) is 2.00. The van der Waals surface area contributed by atoms with Crippen molar-refractivity contribution in [2.45, 2.75) is 50.4 Å². The molecule has 0 saturated heterocycles. The first-order valence-electron chi connectivity index (χ1n) is 5.44. The van der Waals surface area contributed by atoms with Crippen molar-refractivity contribution in [3.8, 4) is 0 Å². The molecule has 0 rings (SSSR count). The molecule has 1 unspecified atom stereocenters. The van der Waals surface area contributed by atoms with Crippen molar-refractivity contribution < 1.29 is 39.9 Å². The molecule has 0 radical (unpaired) electrons. The number of rotatable bonds is 7. The number of hydrogen-bond acceptors (Lipinski definition) is 2. The molecule has 0 aliphatic carbocycles. The predicted molar refractivity (Wildman–Crippen MR) is 57.8 cm³/mol. The Hall–Kier alpha value is -0.540. The summed E-state index contributed by atoms with van der Waals surface area (Å²) in [6.45, 7) is 1.43. The largest absolute Gasteiger partial charge is 0.394 e. The van der Waals surface area contributed by atoms with E-state index in [1.54, 1.807) is 0 Å². The summed E-state index contributed by atoms with van der Waals surface area (Å²) in [5, 5.41) is -0.502. The van der Waals surface area contributed by atoms with Crippen LogP contribution in [0, 0.1) is 0 Å². The third kappa shape index (κ3) is 6.76. The van der Waals surface area contributed by atoms with Gasteiger partial charge in [-0.15, -0.1) is 0 Å². The average Bonchev–Trinajstić information content (AvgIpc) is 2.24. The maximum Gasteiger partial charge on any atom is 0.394 e. The van der Waals surface area contributed by atoms with Crippen molar-refractivity contribution in [1.82, 2.24) is 0 Å². The molecule has 0 N–H and O–H groups in total. The van der Waals surface area contributed by atoms with Crippen molar-refractivity contribution in [3.05, 3.63) is 0 Å². The number of carbonyl (C=O) groups is 1. The smallest absolute Gasteiger partial charge is 0.287 e. The third-order valence-corrected chi connectivity index (χ3v) is 3.18. The molecule has 0 aliphatic rings. The Morgan fingerprint density at radius 3 is 1.95 bits per heavy atom. The minimum absolute atomic E-state index is 0.0134. The molecule has 0 bridgehead atoms. The number of halogens is 8. The van der Waals surface area contributed by atoms with Gasteiger partial charge in [-0.05, 0) is 0 Å². The second-order valence-electron chi connectivity index (χ2n) is 4.00. The van der Waals surface area contributed by atoms with E-state index in [1.165, 1.54) is 6.92 Å². The Kier molecular flexibility index (Phi) is 6.76. The topological polar surface area (TPSA) is 17.1 Å². The zero-order chi connectivity index (χ0) is 16.2. The lowest BCUT2D eigenvalue weighted by Crippen LogP contribution is -2.46. The van der Waals surface area contributed by atoms with Crippen molar-refractivity contribution >= 4 is 16.9 Å². The summed E-state index contributed by atoms with van der Waals surface area (Å²) in [5.41, 5.74) is 0. The standard InChI is InChI=1S/C10H12F8OS/c1-2-6(19)20-4-3-8(12,13)7(11)9(14,15)5-10(16,17)18/h7H,2-5H2,1H3. The lowest BCUT2D eigenvalue weighted by Gasteiger charge is -2.28. The molecule has 0 aliphatic heterocycles. The van der Waals surface area contributed by atoms with Gasteiger partial charge in [0.25, 0.3) is 11.8 Å². The monoisotopic (exact) mass is 332 g/mol.